The summed E-state index contributed by atoms with van der Waals surface area (Å²) in [5.74, 6) is 0. The summed E-state index contributed by atoms with van der Waals surface area (Å²) in [6.07, 6.45) is -0.178. The molecule has 0 bridgehead atoms. The third kappa shape index (κ3) is 2.15. The van der Waals surface area contributed by atoms with Gasteiger partial charge in [0, 0.05) is 12.7 Å². The van der Waals surface area contributed by atoms with Gasteiger partial charge in [0.25, 0.3) is 0 Å². The molecule has 11 heavy (non-hydrogen) atoms. The van der Waals surface area contributed by atoms with Crippen LogP contribution in [-0.4, -0.2) is 17.6 Å². The van der Waals surface area contributed by atoms with Gasteiger partial charge in [-0.05, 0) is 0 Å². The predicted molar refractivity (Wildman–Crippen MR) is 47.2 cm³/mol. The van der Waals surface area contributed by atoms with E-state index in [1.807, 2.05) is 30.3 Å². The van der Waals surface area contributed by atoms with Crippen molar-refractivity contribution in [3.8, 4) is 0 Å². The fourth-order valence-corrected chi connectivity index (χ4v) is 1.44. The van der Waals surface area contributed by atoms with Crippen LogP contribution < -0.4 is 0 Å². The monoisotopic (exact) mass is 168 g/mol. The van der Waals surface area contributed by atoms with Gasteiger partial charge in [-0.2, -0.15) is 0 Å². The van der Waals surface area contributed by atoms with Crippen LogP contribution in [0.25, 0.3) is 0 Å². The Hall–Kier alpha value is -0.643. The van der Waals surface area contributed by atoms with Crippen LogP contribution >= 0.6 is 0 Å². The molecule has 0 N–H and O–H groups in total. The van der Waals surface area contributed by atoms with Crippen LogP contribution in [0.5, 0.6) is 0 Å². The van der Waals surface area contributed by atoms with Gasteiger partial charge in [0.05, 0.1) is 0 Å². The Bertz CT molecular complexity index is 197. The van der Waals surface area contributed by atoms with Crippen LogP contribution in [0.1, 0.15) is 11.9 Å². The smallest absolute Gasteiger partial charge is 0.173 e. The van der Waals surface area contributed by atoms with E-state index in [9.17, 15) is 0 Å². The maximum Gasteiger partial charge on any atom is 0.173 e. The molecule has 0 amide bonds. The Labute approximate surface area is 69.7 Å². The molecule has 1 aromatic carbocycles. The van der Waals surface area contributed by atoms with E-state index in [2.05, 4.69) is 0 Å². The second-order valence-electron chi connectivity index (χ2n) is 2.21. The minimum atomic E-state index is -0.178. The lowest BCUT2D eigenvalue weighted by Gasteiger charge is -2.13. The standard InChI is InChI=1S/C8H12O2Si/c1-9-8(10-11)7-5-3-2-4-6-7/h2-6,8H,1,11H3. The molecule has 1 unspecified atom stereocenters. The van der Waals surface area contributed by atoms with E-state index in [4.69, 9.17) is 9.16 Å². The van der Waals surface area contributed by atoms with Gasteiger partial charge >= 0.3 is 0 Å². The van der Waals surface area contributed by atoms with Gasteiger partial charge < -0.3 is 9.16 Å². The fraction of sp³-hybridized carbons (Fsp3) is 0.250. The molecule has 0 heterocycles. The first-order chi connectivity index (χ1) is 5.38. The Balaban J connectivity index is 2.74. The summed E-state index contributed by atoms with van der Waals surface area (Å²) in [7, 11) is 2.34. The Morgan fingerprint density at radius 1 is 1.27 bits per heavy atom. The molecule has 3 heteroatoms. The minimum Gasteiger partial charge on any atom is -0.400 e. The first-order valence-corrected chi connectivity index (χ1v) is 4.30. The molecule has 0 aliphatic carbocycles. The van der Waals surface area contributed by atoms with Gasteiger partial charge in [-0.1, -0.05) is 30.3 Å². The highest BCUT2D eigenvalue weighted by molar-refractivity contribution is 5.98. The van der Waals surface area contributed by atoms with Crippen LogP contribution in [0.4, 0.5) is 0 Å². The molecule has 1 rings (SSSR count). The predicted octanol–water partition coefficient (Wildman–Crippen LogP) is 0.629. The van der Waals surface area contributed by atoms with Crippen LogP contribution in [0, 0.1) is 0 Å². The van der Waals surface area contributed by atoms with E-state index < -0.39 is 0 Å². The highest BCUT2D eigenvalue weighted by Gasteiger charge is 2.05. The zero-order valence-electron chi connectivity index (χ0n) is 6.78. The zero-order chi connectivity index (χ0) is 8.10. The topological polar surface area (TPSA) is 18.5 Å². The van der Waals surface area contributed by atoms with Gasteiger partial charge in [0.1, 0.15) is 10.5 Å². The maximum absolute atomic E-state index is 5.20. The van der Waals surface area contributed by atoms with Crippen molar-refractivity contribution in [2.24, 2.45) is 0 Å². The average Bonchev–Trinajstić information content (AvgIpc) is 2.09. The van der Waals surface area contributed by atoms with Crippen LogP contribution in [-0.2, 0) is 9.16 Å². The van der Waals surface area contributed by atoms with E-state index in [0.29, 0.717) is 10.5 Å². The Morgan fingerprint density at radius 3 is 2.36 bits per heavy atom. The number of hydrogen-bond acceptors (Lipinski definition) is 2. The molecule has 0 radical (unpaired) electrons. The molecule has 0 aromatic heterocycles. The Morgan fingerprint density at radius 2 is 1.91 bits per heavy atom. The summed E-state index contributed by atoms with van der Waals surface area (Å²) < 4.78 is 10.3. The number of methoxy groups -OCH3 is 1. The van der Waals surface area contributed by atoms with Gasteiger partial charge in [-0.25, -0.2) is 0 Å². The largest absolute Gasteiger partial charge is 0.400 e. The summed E-state index contributed by atoms with van der Waals surface area (Å²) >= 11 is 0. The molecular formula is C8H12O2Si. The highest BCUT2D eigenvalue weighted by Crippen LogP contribution is 2.15. The lowest BCUT2D eigenvalue weighted by molar-refractivity contribution is -0.0516. The number of ether oxygens (including phenoxy) is 1. The van der Waals surface area contributed by atoms with Crippen molar-refractivity contribution in [1.29, 1.82) is 0 Å². The average molecular weight is 168 g/mol. The normalized spacial score (nSPS) is 13.2. The van der Waals surface area contributed by atoms with Gasteiger partial charge in [0.15, 0.2) is 6.29 Å². The molecule has 60 valence electrons. The van der Waals surface area contributed by atoms with Crippen LogP contribution in [0.3, 0.4) is 0 Å². The number of benzene rings is 1. The van der Waals surface area contributed by atoms with E-state index in [1.165, 1.54) is 0 Å². The third-order valence-electron chi connectivity index (χ3n) is 1.50. The summed E-state index contributed by atoms with van der Waals surface area (Å²) in [5, 5.41) is 0. The van der Waals surface area contributed by atoms with Crippen molar-refractivity contribution in [3.05, 3.63) is 35.9 Å². The molecule has 0 fully saturated rings. The van der Waals surface area contributed by atoms with E-state index in [-0.39, 0.29) is 6.29 Å². The van der Waals surface area contributed by atoms with Crippen molar-refractivity contribution in [3.63, 3.8) is 0 Å². The second-order valence-corrected chi connectivity index (χ2v) is 2.69. The van der Waals surface area contributed by atoms with Crippen molar-refractivity contribution >= 4 is 10.5 Å². The Kier molecular flexibility index (Phi) is 3.29. The molecule has 0 saturated heterocycles. The summed E-state index contributed by atoms with van der Waals surface area (Å²) in [5.41, 5.74) is 1.07. The fourth-order valence-electron chi connectivity index (χ4n) is 0.979. The van der Waals surface area contributed by atoms with E-state index in [0.717, 1.165) is 5.56 Å². The van der Waals surface area contributed by atoms with Gasteiger partial charge in [-0.3, -0.25) is 0 Å². The number of rotatable bonds is 3. The zero-order valence-corrected chi connectivity index (χ0v) is 8.78. The lowest BCUT2D eigenvalue weighted by Crippen LogP contribution is -2.03. The molecule has 0 saturated carbocycles. The lowest BCUT2D eigenvalue weighted by atomic mass is 10.2. The third-order valence-corrected chi connectivity index (χ3v) is 1.93. The minimum absolute atomic E-state index is 0.178. The summed E-state index contributed by atoms with van der Waals surface area (Å²) in [6, 6.07) is 9.91. The first kappa shape index (κ1) is 8.45. The van der Waals surface area contributed by atoms with Crippen molar-refractivity contribution in [1.82, 2.24) is 0 Å². The molecule has 0 aliphatic rings. The maximum atomic E-state index is 5.20. The summed E-state index contributed by atoms with van der Waals surface area (Å²) in [6.45, 7) is 0. The molecule has 0 spiro atoms. The highest BCUT2D eigenvalue weighted by atomic mass is 28.2. The molecule has 1 aromatic rings. The second kappa shape index (κ2) is 4.28. The molecule has 0 aliphatic heterocycles. The molecule has 1 atom stereocenters. The quantitative estimate of drug-likeness (QED) is 0.487. The van der Waals surface area contributed by atoms with Crippen LogP contribution in [0.2, 0.25) is 0 Å². The van der Waals surface area contributed by atoms with E-state index >= 15 is 0 Å². The van der Waals surface area contributed by atoms with Gasteiger partial charge in [0.2, 0.25) is 0 Å². The van der Waals surface area contributed by atoms with Crippen molar-refractivity contribution in [2.75, 3.05) is 7.11 Å². The van der Waals surface area contributed by atoms with Crippen molar-refractivity contribution < 1.29 is 9.16 Å². The van der Waals surface area contributed by atoms with E-state index in [1.54, 1.807) is 7.11 Å². The number of hydrogen-bond donors (Lipinski definition) is 0. The van der Waals surface area contributed by atoms with Crippen molar-refractivity contribution in [2.45, 2.75) is 6.29 Å². The first-order valence-electron chi connectivity index (χ1n) is 3.49. The van der Waals surface area contributed by atoms with Crippen LogP contribution in [0.15, 0.2) is 30.3 Å². The van der Waals surface area contributed by atoms with Gasteiger partial charge in [-0.15, -0.1) is 0 Å². The summed E-state index contributed by atoms with van der Waals surface area (Å²) in [4.78, 5) is 0. The molecular weight excluding hydrogens is 156 g/mol. The molecule has 2 nitrogen and oxygen atoms in total. The SMILES string of the molecule is COC(O[SiH3])c1ccccc1.